The predicted molar refractivity (Wildman–Crippen MR) is 60.1 cm³/mol. The Morgan fingerprint density at radius 2 is 1.73 bits per heavy atom. The molecule has 0 aliphatic heterocycles. The van der Waals surface area contributed by atoms with Crippen LogP contribution in [-0.4, -0.2) is 0 Å². The summed E-state index contributed by atoms with van der Waals surface area (Å²) in [6, 6.07) is 8.64. The van der Waals surface area contributed by atoms with Crippen LogP contribution >= 0.6 is 26.2 Å². The standard InChI is InChI=1S/C9H13P.BrH/c1-2-3-8-4-6-9(10)7-5-8;/h4-7H,2-3,10H2,1H3;1H. The van der Waals surface area contributed by atoms with Crippen LogP contribution in [-0.2, 0) is 6.42 Å². The van der Waals surface area contributed by atoms with Crippen molar-refractivity contribution in [3.63, 3.8) is 0 Å². The zero-order valence-corrected chi connectivity index (χ0v) is 9.58. The van der Waals surface area contributed by atoms with Crippen molar-refractivity contribution >= 4 is 31.5 Å². The molecule has 0 bridgehead atoms. The van der Waals surface area contributed by atoms with Gasteiger partial charge in [0.1, 0.15) is 0 Å². The van der Waals surface area contributed by atoms with Crippen LogP contribution in [0.25, 0.3) is 0 Å². The van der Waals surface area contributed by atoms with Crippen LogP contribution < -0.4 is 5.30 Å². The van der Waals surface area contributed by atoms with Crippen LogP contribution in [0.1, 0.15) is 18.9 Å². The lowest BCUT2D eigenvalue weighted by molar-refractivity contribution is 0.922. The van der Waals surface area contributed by atoms with Gasteiger partial charge in [-0.25, -0.2) is 0 Å². The van der Waals surface area contributed by atoms with Crippen molar-refractivity contribution in [2.75, 3.05) is 0 Å². The molecule has 1 unspecified atom stereocenters. The van der Waals surface area contributed by atoms with Crippen molar-refractivity contribution in [3.05, 3.63) is 29.8 Å². The molecule has 0 saturated carbocycles. The number of hydrogen-bond donors (Lipinski definition) is 0. The zero-order valence-electron chi connectivity index (χ0n) is 6.71. The highest BCUT2D eigenvalue weighted by atomic mass is 79.9. The van der Waals surface area contributed by atoms with Crippen LogP contribution in [0.5, 0.6) is 0 Å². The maximum atomic E-state index is 2.69. The second-order valence-electron chi connectivity index (χ2n) is 2.49. The van der Waals surface area contributed by atoms with E-state index in [0.717, 1.165) is 0 Å². The molecule has 0 amide bonds. The fourth-order valence-corrected chi connectivity index (χ4v) is 1.17. The average molecular weight is 233 g/mol. The molecule has 62 valence electrons. The summed E-state index contributed by atoms with van der Waals surface area (Å²) in [5.41, 5.74) is 1.44. The average Bonchev–Trinajstić information content (AvgIpc) is 1.95. The summed E-state index contributed by atoms with van der Waals surface area (Å²) in [5.74, 6) is 0. The molecule has 1 aromatic carbocycles. The third-order valence-corrected chi connectivity index (χ3v) is 1.90. The molecule has 0 aromatic heterocycles. The molecule has 1 atom stereocenters. The van der Waals surface area contributed by atoms with Crippen molar-refractivity contribution in [2.45, 2.75) is 19.8 Å². The first kappa shape index (κ1) is 11.1. The van der Waals surface area contributed by atoms with E-state index in [1.54, 1.807) is 0 Å². The van der Waals surface area contributed by atoms with Crippen molar-refractivity contribution in [2.24, 2.45) is 0 Å². The molecule has 0 fully saturated rings. The molecule has 1 aromatic rings. The Bertz CT molecular complexity index is 193. The van der Waals surface area contributed by atoms with Gasteiger partial charge in [-0.1, -0.05) is 37.6 Å². The Morgan fingerprint density at radius 1 is 1.18 bits per heavy atom. The van der Waals surface area contributed by atoms with Gasteiger partial charge in [0.15, 0.2) is 0 Å². The lowest BCUT2D eigenvalue weighted by Gasteiger charge is -1.97. The molecule has 0 aliphatic rings. The van der Waals surface area contributed by atoms with E-state index < -0.39 is 0 Å². The van der Waals surface area contributed by atoms with Gasteiger partial charge < -0.3 is 0 Å². The molecular weight excluding hydrogens is 219 g/mol. The Kier molecular flexibility index (Phi) is 5.81. The molecule has 1 rings (SSSR count). The predicted octanol–water partition coefficient (Wildman–Crippen LogP) is 2.72. The van der Waals surface area contributed by atoms with E-state index in [-0.39, 0.29) is 17.0 Å². The van der Waals surface area contributed by atoms with Gasteiger partial charge in [-0.05, 0) is 17.3 Å². The molecule has 0 saturated heterocycles. The second kappa shape index (κ2) is 5.74. The zero-order chi connectivity index (χ0) is 7.40. The minimum Gasteiger partial charge on any atom is -0.114 e. The third-order valence-electron chi connectivity index (χ3n) is 1.52. The van der Waals surface area contributed by atoms with Gasteiger partial charge in [0.05, 0.1) is 0 Å². The van der Waals surface area contributed by atoms with Gasteiger partial charge in [-0.3, -0.25) is 0 Å². The minimum absolute atomic E-state index is 0. The highest BCUT2D eigenvalue weighted by molar-refractivity contribution is 8.93. The number of aryl methyl sites for hydroxylation is 1. The van der Waals surface area contributed by atoms with Gasteiger partial charge >= 0.3 is 0 Å². The van der Waals surface area contributed by atoms with Crippen molar-refractivity contribution in [3.8, 4) is 0 Å². The Morgan fingerprint density at radius 3 is 2.18 bits per heavy atom. The van der Waals surface area contributed by atoms with E-state index in [4.69, 9.17) is 0 Å². The largest absolute Gasteiger partial charge is 0.114 e. The number of halogens is 1. The Hall–Kier alpha value is 0.130. The van der Waals surface area contributed by atoms with E-state index >= 15 is 0 Å². The van der Waals surface area contributed by atoms with Gasteiger partial charge in [0, 0.05) is 0 Å². The molecule has 0 radical (unpaired) electrons. The Balaban J connectivity index is 0.000001000. The van der Waals surface area contributed by atoms with Gasteiger partial charge in [0.2, 0.25) is 0 Å². The van der Waals surface area contributed by atoms with Crippen LogP contribution in [0.4, 0.5) is 0 Å². The summed E-state index contributed by atoms with van der Waals surface area (Å²) in [6.07, 6.45) is 2.43. The molecular formula is C9H14BrP. The lowest BCUT2D eigenvalue weighted by Crippen LogP contribution is -1.90. The summed E-state index contributed by atoms with van der Waals surface area (Å²) in [4.78, 5) is 0. The molecule has 0 aliphatic carbocycles. The first-order valence-corrected chi connectivity index (χ1v) is 4.25. The minimum atomic E-state index is 0. The number of hydrogen-bond acceptors (Lipinski definition) is 0. The maximum Gasteiger partial charge on any atom is -0.0281 e. The number of benzene rings is 1. The van der Waals surface area contributed by atoms with E-state index in [2.05, 4.69) is 40.4 Å². The summed E-state index contributed by atoms with van der Waals surface area (Å²) in [6.45, 7) is 2.20. The van der Waals surface area contributed by atoms with E-state index in [1.807, 2.05) is 0 Å². The smallest absolute Gasteiger partial charge is 0.0281 e. The summed E-state index contributed by atoms with van der Waals surface area (Å²) in [5, 5.41) is 1.26. The summed E-state index contributed by atoms with van der Waals surface area (Å²) >= 11 is 0. The van der Waals surface area contributed by atoms with E-state index in [0.29, 0.717) is 0 Å². The molecule has 0 heterocycles. The highest BCUT2D eigenvalue weighted by Crippen LogP contribution is 2.01. The van der Waals surface area contributed by atoms with Gasteiger partial charge in [0.25, 0.3) is 0 Å². The normalized spacial score (nSPS) is 8.91. The first-order chi connectivity index (χ1) is 4.83. The van der Waals surface area contributed by atoms with Crippen molar-refractivity contribution in [1.82, 2.24) is 0 Å². The summed E-state index contributed by atoms with van der Waals surface area (Å²) < 4.78 is 0. The van der Waals surface area contributed by atoms with Crippen molar-refractivity contribution in [1.29, 1.82) is 0 Å². The fourth-order valence-electron chi connectivity index (χ4n) is 0.973. The SMILES string of the molecule is Br.CCCc1ccc(P)cc1. The molecule has 11 heavy (non-hydrogen) atoms. The molecule has 2 heteroatoms. The summed E-state index contributed by atoms with van der Waals surface area (Å²) in [7, 11) is 2.69. The van der Waals surface area contributed by atoms with Gasteiger partial charge in [-0.2, -0.15) is 0 Å². The maximum absolute atomic E-state index is 2.69. The van der Waals surface area contributed by atoms with Crippen LogP contribution in [0.3, 0.4) is 0 Å². The Labute approximate surface area is 81.4 Å². The number of rotatable bonds is 2. The first-order valence-electron chi connectivity index (χ1n) is 3.67. The van der Waals surface area contributed by atoms with Crippen LogP contribution in [0.2, 0.25) is 0 Å². The van der Waals surface area contributed by atoms with Crippen molar-refractivity contribution < 1.29 is 0 Å². The van der Waals surface area contributed by atoms with Crippen LogP contribution in [0.15, 0.2) is 24.3 Å². The highest BCUT2D eigenvalue weighted by Gasteiger charge is 1.88. The monoisotopic (exact) mass is 232 g/mol. The lowest BCUT2D eigenvalue weighted by atomic mass is 10.1. The van der Waals surface area contributed by atoms with Gasteiger partial charge in [-0.15, -0.1) is 26.2 Å². The second-order valence-corrected chi connectivity index (χ2v) is 3.16. The van der Waals surface area contributed by atoms with E-state index in [9.17, 15) is 0 Å². The van der Waals surface area contributed by atoms with Crippen LogP contribution in [0, 0.1) is 0 Å². The topological polar surface area (TPSA) is 0 Å². The third kappa shape index (κ3) is 3.88. The fraction of sp³-hybridized carbons (Fsp3) is 0.333. The molecule has 0 nitrogen and oxygen atoms in total. The van der Waals surface area contributed by atoms with E-state index in [1.165, 1.54) is 23.7 Å². The molecule has 0 N–H and O–H groups in total. The quantitative estimate of drug-likeness (QED) is 0.689. The molecule has 0 spiro atoms.